The van der Waals surface area contributed by atoms with Gasteiger partial charge < -0.3 is 15.1 Å². The summed E-state index contributed by atoms with van der Waals surface area (Å²) in [6, 6.07) is 0.711. The summed E-state index contributed by atoms with van der Waals surface area (Å²) in [7, 11) is 1.81. The van der Waals surface area contributed by atoms with Crippen molar-refractivity contribution in [2.24, 2.45) is 7.05 Å². The van der Waals surface area contributed by atoms with Gasteiger partial charge in [-0.3, -0.25) is 9.48 Å². The van der Waals surface area contributed by atoms with Crippen molar-refractivity contribution in [2.45, 2.75) is 44.7 Å². The molecule has 4 heterocycles. The monoisotopic (exact) mass is 422 g/mol. The van der Waals surface area contributed by atoms with Crippen molar-refractivity contribution >= 4 is 34.0 Å². The first-order valence-corrected chi connectivity index (χ1v) is 11.2. The second-order valence-electron chi connectivity index (χ2n) is 7.57. The van der Waals surface area contributed by atoms with Gasteiger partial charge in [0, 0.05) is 26.2 Å². The lowest BCUT2D eigenvalue weighted by atomic mass is 10.0. The smallest absolute Gasteiger partial charge is 0.263 e. The highest BCUT2D eigenvalue weighted by Crippen LogP contribution is 2.28. The van der Waals surface area contributed by atoms with E-state index < -0.39 is 0 Å². The number of halogens is 1. The number of aryl methyl sites for hydroxylation is 1. The van der Waals surface area contributed by atoms with Crippen LogP contribution in [0.3, 0.4) is 0 Å². The molecule has 2 aromatic rings. The van der Waals surface area contributed by atoms with Crippen LogP contribution in [-0.2, 0) is 13.6 Å². The highest BCUT2D eigenvalue weighted by atomic mass is 35.5. The van der Waals surface area contributed by atoms with Crippen molar-refractivity contribution in [2.75, 3.05) is 31.1 Å². The number of nitrogens with one attached hydrogen (secondary N) is 1. The Balaban J connectivity index is 1.30. The van der Waals surface area contributed by atoms with Gasteiger partial charge in [0.1, 0.15) is 4.88 Å². The maximum absolute atomic E-state index is 12.5. The number of nitrogens with zero attached hydrogens (tertiary/aromatic N) is 5. The summed E-state index contributed by atoms with van der Waals surface area (Å²) < 4.78 is 1.67. The van der Waals surface area contributed by atoms with Crippen LogP contribution in [0.25, 0.3) is 0 Å². The Bertz CT molecular complexity index is 788. The number of likely N-dealkylation sites (tertiary alicyclic amines) is 1. The summed E-state index contributed by atoms with van der Waals surface area (Å²) in [6.07, 6.45) is 9.69. The van der Waals surface area contributed by atoms with E-state index in [0.717, 1.165) is 23.9 Å². The van der Waals surface area contributed by atoms with Crippen LogP contribution in [-0.4, -0.2) is 57.8 Å². The minimum Gasteiger partial charge on any atom is -0.348 e. The van der Waals surface area contributed by atoms with Gasteiger partial charge in [-0.15, -0.1) is 0 Å². The third-order valence-electron chi connectivity index (χ3n) is 5.79. The normalized spacial score (nSPS) is 19.1. The number of anilines is 1. The molecule has 0 atom stereocenters. The standard InChI is InChI=1S/C19H27ClN6OS/c1-24-16(15(20)11-23-24)12-21-18(27)17-13-22-19(28-17)26-9-5-14(6-10-26)25-7-3-2-4-8-25/h11,13-14H,2-10,12H2,1H3,(H,21,27). The SMILES string of the molecule is Cn1ncc(Cl)c1CNC(=O)c1cnc(N2CCC(N3CCCCC3)CC2)s1. The molecule has 0 aromatic carbocycles. The summed E-state index contributed by atoms with van der Waals surface area (Å²) >= 11 is 7.56. The molecule has 2 saturated heterocycles. The number of rotatable bonds is 5. The van der Waals surface area contributed by atoms with E-state index in [2.05, 4.69) is 25.2 Å². The molecule has 1 amide bonds. The third kappa shape index (κ3) is 4.34. The number of carbonyl (C=O) groups excluding carboxylic acids is 1. The van der Waals surface area contributed by atoms with Crippen molar-refractivity contribution in [3.63, 3.8) is 0 Å². The number of aromatic nitrogens is 3. The predicted octanol–water partition coefficient (Wildman–Crippen LogP) is 2.91. The third-order valence-corrected chi connectivity index (χ3v) is 7.16. The first kappa shape index (κ1) is 19.7. The zero-order valence-electron chi connectivity index (χ0n) is 16.2. The zero-order valence-corrected chi connectivity index (χ0v) is 17.8. The highest BCUT2D eigenvalue weighted by molar-refractivity contribution is 7.17. The second-order valence-corrected chi connectivity index (χ2v) is 8.98. The molecule has 7 nitrogen and oxygen atoms in total. The summed E-state index contributed by atoms with van der Waals surface area (Å²) in [5.41, 5.74) is 0.791. The van der Waals surface area contributed by atoms with Gasteiger partial charge in [-0.05, 0) is 38.8 Å². The number of hydrogen-bond donors (Lipinski definition) is 1. The van der Waals surface area contributed by atoms with Crippen LogP contribution in [0.2, 0.25) is 5.02 Å². The first-order chi connectivity index (χ1) is 13.6. The fraction of sp³-hybridized carbons (Fsp3) is 0.632. The number of carbonyl (C=O) groups is 1. The molecule has 0 spiro atoms. The van der Waals surface area contributed by atoms with E-state index in [4.69, 9.17) is 11.6 Å². The number of amides is 1. The summed E-state index contributed by atoms with van der Waals surface area (Å²) in [4.78, 5) is 22.6. The molecule has 0 aliphatic carbocycles. The zero-order chi connectivity index (χ0) is 19.5. The van der Waals surface area contributed by atoms with Crippen molar-refractivity contribution < 1.29 is 4.79 Å². The first-order valence-electron chi connectivity index (χ1n) is 10.0. The van der Waals surface area contributed by atoms with Gasteiger partial charge >= 0.3 is 0 Å². The van der Waals surface area contributed by atoms with Crippen LogP contribution >= 0.6 is 22.9 Å². The molecule has 2 aliphatic rings. The van der Waals surface area contributed by atoms with Gasteiger partial charge in [0.15, 0.2) is 5.13 Å². The van der Waals surface area contributed by atoms with E-state index in [-0.39, 0.29) is 5.91 Å². The van der Waals surface area contributed by atoms with Crippen molar-refractivity contribution in [1.82, 2.24) is 25.0 Å². The van der Waals surface area contributed by atoms with E-state index in [1.807, 2.05) is 7.05 Å². The summed E-state index contributed by atoms with van der Waals surface area (Å²) in [6.45, 7) is 4.89. The average Bonchev–Trinajstić information content (AvgIpc) is 3.34. The minimum absolute atomic E-state index is 0.121. The lowest BCUT2D eigenvalue weighted by Crippen LogP contribution is -2.46. The van der Waals surface area contributed by atoms with Gasteiger partial charge in [-0.1, -0.05) is 29.4 Å². The summed E-state index contributed by atoms with van der Waals surface area (Å²) in [5, 5.41) is 8.50. The van der Waals surface area contributed by atoms with Crippen molar-refractivity contribution in [3.8, 4) is 0 Å². The van der Waals surface area contributed by atoms with Crippen molar-refractivity contribution in [1.29, 1.82) is 0 Å². The topological polar surface area (TPSA) is 66.3 Å². The number of thiazole rings is 1. The molecular weight excluding hydrogens is 396 g/mol. The van der Waals surface area contributed by atoms with Gasteiger partial charge in [-0.25, -0.2) is 4.98 Å². The lowest BCUT2D eigenvalue weighted by Gasteiger charge is -2.40. The van der Waals surface area contributed by atoms with Gasteiger partial charge in [0.2, 0.25) is 0 Å². The predicted molar refractivity (Wildman–Crippen MR) is 112 cm³/mol. The molecule has 2 aliphatic heterocycles. The lowest BCUT2D eigenvalue weighted by molar-refractivity contribution is 0.0954. The van der Waals surface area contributed by atoms with Crippen molar-refractivity contribution in [3.05, 3.63) is 28.0 Å². The Labute approximate surface area is 174 Å². The van der Waals surface area contributed by atoms with E-state index in [1.54, 1.807) is 17.1 Å². The molecule has 1 N–H and O–H groups in total. The van der Waals surface area contributed by atoms with E-state index in [1.165, 1.54) is 56.5 Å². The fourth-order valence-electron chi connectivity index (χ4n) is 4.11. The van der Waals surface area contributed by atoms with E-state index in [9.17, 15) is 4.79 Å². The Morgan fingerprint density at radius 2 is 1.96 bits per heavy atom. The Kier molecular flexibility index (Phi) is 6.18. The van der Waals surface area contributed by atoms with E-state index >= 15 is 0 Å². The molecule has 28 heavy (non-hydrogen) atoms. The van der Waals surface area contributed by atoms with Gasteiger partial charge in [-0.2, -0.15) is 5.10 Å². The van der Waals surface area contributed by atoms with Gasteiger partial charge in [0.25, 0.3) is 5.91 Å². The highest BCUT2D eigenvalue weighted by Gasteiger charge is 2.27. The molecule has 0 saturated carbocycles. The number of hydrogen-bond acceptors (Lipinski definition) is 6. The van der Waals surface area contributed by atoms with Crippen LogP contribution < -0.4 is 10.2 Å². The van der Waals surface area contributed by atoms with Crippen LogP contribution in [0.1, 0.15) is 47.5 Å². The molecular formula is C19H27ClN6OS. The molecule has 0 bridgehead atoms. The minimum atomic E-state index is -0.121. The Hall–Kier alpha value is -1.64. The van der Waals surface area contributed by atoms with E-state index in [0.29, 0.717) is 22.5 Å². The molecule has 2 fully saturated rings. The molecule has 4 rings (SSSR count). The average molecular weight is 423 g/mol. The second kappa shape index (κ2) is 8.80. The molecule has 152 valence electrons. The largest absolute Gasteiger partial charge is 0.348 e. The molecule has 9 heteroatoms. The van der Waals surface area contributed by atoms with Crippen LogP contribution in [0.5, 0.6) is 0 Å². The van der Waals surface area contributed by atoms with Gasteiger partial charge in [0.05, 0.1) is 29.7 Å². The van der Waals surface area contributed by atoms with Crippen LogP contribution in [0, 0.1) is 0 Å². The molecule has 2 aromatic heterocycles. The summed E-state index contributed by atoms with van der Waals surface area (Å²) in [5.74, 6) is -0.121. The maximum atomic E-state index is 12.5. The van der Waals surface area contributed by atoms with Crippen LogP contribution in [0.4, 0.5) is 5.13 Å². The quantitative estimate of drug-likeness (QED) is 0.802. The number of piperidine rings is 2. The maximum Gasteiger partial charge on any atom is 0.263 e. The molecule has 0 radical (unpaired) electrons. The molecule has 0 unspecified atom stereocenters. The Morgan fingerprint density at radius 3 is 2.64 bits per heavy atom. The fourth-order valence-corrected chi connectivity index (χ4v) is 5.22. The Morgan fingerprint density at radius 1 is 1.21 bits per heavy atom. The van der Waals surface area contributed by atoms with Crippen LogP contribution in [0.15, 0.2) is 12.4 Å².